The lowest BCUT2D eigenvalue weighted by Crippen LogP contribution is -2.18. The van der Waals surface area contributed by atoms with Gasteiger partial charge in [-0.05, 0) is 61.9 Å². The predicted molar refractivity (Wildman–Crippen MR) is 168 cm³/mol. The largest absolute Gasteiger partial charge is 0.494 e. The maximum Gasteiger partial charge on any atom is 0.257 e. The van der Waals surface area contributed by atoms with E-state index in [0.717, 1.165) is 66.3 Å². The Kier molecular flexibility index (Phi) is 9.67. The molecular weight excluding hydrogens is 530 g/mol. The standard InChI is InChI=1S/C34H39N3O3S/c1-2-20-40-24-15-13-14-23(21-24)29-22-27(25-16-11-12-18-28(25)36-29)33(39)37-34-31(32(35)38)26-17-9-7-5-3-4-6-8-10-19-30(26)41-34/h11-16,18,21-22H,2-10,17,19-20H2,1H3,(H2,35,38)(H,37,39). The first kappa shape index (κ1) is 28.8. The minimum Gasteiger partial charge on any atom is -0.494 e. The van der Waals surface area contributed by atoms with Gasteiger partial charge in [-0.1, -0.05) is 75.8 Å². The highest BCUT2D eigenvalue weighted by Gasteiger charge is 2.24. The lowest BCUT2D eigenvalue weighted by atomic mass is 9.97. The van der Waals surface area contributed by atoms with Crippen molar-refractivity contribution in [1.29, 1.82) is 0 Å². The van der Waals surface area contributed by atoms with E-state index < -0.39 is 5.91 Å². The molecule has 4 aromatic rings. The van der Waals surface area contributed by atoms with Crippen LogP contribution in [0.25, 0.3) is 22.2 Å². The summed E-state index contributed by atoms with van der Waals surface area (Å²) in [5.41, 5.74) is 10.2. The number of hydrogen-bond acceptors (Lipinski definition) is 5. The highest BCUT2D eigenvalue weighted by Crippen LogP contribution is 2.37. The fourth-order valence-electron chi connectivity index (χ4n) is 5.62. The topological polar surface area (TPSA) is 94.3 Å². The van der Waals surface area contributed by atoms with Crippen molar-refractivity contribution < 1.29 is 14.3 Å². The molecule has 2 amide bonds. The molecule has 0 spiro atoms. The van der Waals surface area contributed by atoms with Gasteiger partial charge in [0.2, 0.25) is 0 Å². The number of nitrogens with one attached hydrogen (secondary N) is 1. The van der Waals surface area contributed by atoms with Crippen LogP contribution >= 0.6 is 11.3 Å². The number of amides is 2. The number of benzene rings is 2. The molecule has 3 N–H and O–H groups in total. The van der Waals surface area contributed by atoms with E-state index >= 15 is 0 Å². The number of fused-ring (bicyclic) bond motifs is 2. The van der Waals surface area contributed by atoms with Crippen LogP contribution in [0.4, 0.5) is 5.00 Å². The van der Waals surface area contributed by atoms with Crippen molar-refractivity contribution in [3.63, 3.8) is 0 Å². The maximum absolute atomic E-state index is 13.9. The number of pyridine rings is 1. The van der Waals surface area contributed by atoms with E-state index in [2.05, 4.69) is 12.2 Å². The van der Waals surface area contributed by atoms with E-state index in [9.17, 15) is 9.59 Å². The van der Waals surface area contributed by atoms with E-state index in [0.29, 0.717) is 28.4 Å². The summed E-state index contributed by atoms with van der Waals surface area (Å²) in [5, 5.41) is 4.41. The van der Waals surface area contributed by atoms with Crippen molar-refractivity contribution in [2.24, 2.45) is 5.73 Å². The van der Waals surface area contributed by atoms with Crippen LogP contribution < -0.4 is 15.8 Å². The lowest BCUT2D eigenvalue weighted by Gasteiger charge is -2.12. The zero-order valence-corrected chi connectivity index (χ0v) is 24.7. The van der Waals surface area contributed by atoms with Gasteiger partial charge < -0.3 is 15.8 Å². The van der Waals surface area contributed by atoms with Crippen LogP contribution in [-0.2, 0) is 12.8 Å². The average molecular weight is 570 g/mol. The van der Waals surface area contributed by atoms with E-state index in [1.807, 2.05) is 54.6 Å². The van der Waals surface area contributed by atoms with Crippen LogP contribution in [0.1, 0.15) is 95.9 Å². The van der Waals surface area contributed by atoms with Crippen LogP contribution in [0.2, 0.25) is 0 Å². The van der Waals surface area contributed by atoms with Crippen molar-refractivity contribution in [3.8, 4) is 17.0 Å². The second-order valence-electron chi connectivity index (χ2n) is 10.8. The third-order valence-electron chi connectivity index (χ3n) is 7.71. The Morgan fingerprint density at radius 2 is 1.66 bits per heavy atom. The average Bonchev–Trinajstić information content (AvgIpc) is 3.32. The summed E-state index contributed by atoms with van der Waals surface area (Å²) in [6.45, 7) is 2.71. The number of ether oxygens (including phenoxy) is 1. The molecule has 0 bridgehead atoms. The van der Waals surface area contributed by atoms with Gasteiger partial charge in [-0.3, -0.25) is 9.59 Å². The molecule has 2 aromatic carbocycles. The Labute approximate surface area is 246 Å². The summed E-state index contributed by atoms with van der Waals surface area (Å²) in [7, 11) is 0. The minimum atomic E-state index is -0.478. The molecule has 0 atom stereocenters. The highest BCUT2D eigenvalue weighted by atomic mass is 32.1. The summed E-state index contributed by atoms with van der Waals surface area (Å²) < 4.78 is 5.83. The molecule has 0 aliphatic heterocycles. The number of nitrogens with zero attached hydrogens (tertiary/aromatic N) is 1. The van der Waals surface area contributed by atoms with E-state index in [1.165, 1.54) is 48.3 Å². The summed E-state index contributed by atoms with van der Waals surface area (Å²) in [4.78, 5) is 32.7. The lowest BCUT2D eigenvalue weighted by molar-refractivity contribution is 0.100. The number of thiophene rings is 1. The van der Waals surface area contributed by atoms with E-state index in [-0.39, 0.29) is 5.91 Å². The third kappa shape index (κ3) is 6.96. The molecule has 41 heavy (non-hydrogen) atoms. The number of nitrogens with two attached hydrogens (primary N) is 1. The normalized spacial score (nSPS) is 14.5. The first-order chi connectivity index (χ1) is 20.0. The molecule has 0 saturated carbocycles. The molecule has 0 fully saturated rings. The SMILES string of the molecule is CCCOc1cccc(-c2cc(C(=O)Nc3sc4c(c3C(N)=O)CCCCCCCCCC4)c3ccccc3n2)c1. The van der Waals surface area contributed by atoms with Crippen molar-refractivity contribution in [3.05, 3.63) is 76.2 Å². The Morgan fingerprint density at radius 3 is 2.41 bits per heavy atom. The Morgan fingerprint density at radius 1 is 0.927 bits per heavy atom. The summed E-state index contributed by atoms with van der Waals surface area (Å²) in [6, 6.07) is 17.3. The highest BCUT2D eigenvalue weighted by molar-refractivity contribution is 7.17. The smallest absolute Gasteiger partial charge is 0.257 e. The first-order valence-corrected chi connectivity index (χ1v) is 15.8. The number of aromatic nitrogens is 1. The summed E-state index contributed by atoms with van der Waals surface area (Å²) in [6.07, 6.45) is 12.1. The van der Waals surface area contributed by atoms with Gasteiger partial charge in [-0.2, -0.15) is 0 Å². The Bertz CT molecular complexity index is 1530. The number of anilines is 1. The number of carbonyl (C=O) groups is 2. The molecule has 1 aliphatic carbocycles. The van der Waals surface area contributed by atoms with Crippen molar-refractivity contribution in [1.82, 2.24) is 4.98 Å². The van der Waals surface area contributed by atoms with Crippen LogP contribution in [0.15, 0.2) is 54.6 Å². The quantitative estimate of drug-likeness (QED) is 0.234. The minimum absolute atomic E-state index is 0.275. The second kappa shape index (κ2) is 13.8. The van der Waals surface area contributed by atoms with E-state index in [4.69, 9.17) is 15.5 Å². The van der Waals surface area contributed by atoms with Gasteiger partial charge in [0.1, 0.15) is 10.8 Å². The first-order valence-electron chi connectivity index (χ1n) is 14.9. The molecule has 2 heterocycles. The Hall–Kier alpha value is -3.71. The summed E-state index contributed by atoms with van der Waals surface area (Å²) in [5.74, 6) is 0.0162. The van der Waals surface area contributed by atoms with Gasteiger partial charge in [0.15, 0.2) is 0 Å². The zero-order chi connectivity index (χ0) is 28.6. The number of rotatable bonds is 7. The fourth-order valence-corrected chi connectivity index (χ4v) is 6.91. The van der Waals surface area contributed by atoms with Gasteiger partial charge >= 0.3 is 0 Å². The summed E-state index contributed by atoms with van der Waals surface area (Å²) >= 11 is 1.51. The molecule has 7 heteroatoms. The van der Waals surface area contributed by atoms with Crippen molar-refractivity contribution in [2.75, 3.05) is 11.9 Å². The molecule has 5 rings (SSSR count). The zero-order valence-electron chi connectivity index (χ0n) is 23.8. The van der Waals surface area contributed by atoms with Crippen molar-refractivity contribution >= 4 is 39.1 Å². The van der Waals surface area contributed by atoms with Gasteiger partial charge in [-0.25, -0.2) is 4.98 Å². The van der Waals surface area contributed by atoms with Crippen molar-refractivity contribution in [2.45, 2.75) is 77.6 Å². The molecule has 0 unspecified atom stereocenters. The van der Waals surface area contributed by atoms with Crippen LogP contribution in [0, 0.1) is 0 Å². The fraction of sp³-hybridized carbons (Fsp3) is 0.382. The molecule has 2 aromatic heterocycles. The predicted octanol–water partition coefficient (Wildman–Crippen LogP) is 8.32. The number of aryl methyl sites for hydroxylation is 1. The molecule has 0 saturated heterocycles. The van der Waals surface area contributed by atoms with E-state index in [1.54, 1.807) is 0 Å². The second-order valence-corrected chi connectivity index (χ2v) is 11.9. The molecule has 6 nitrogen and oxygen atoms in total. The molecular formula is C34H39N3O3S. The van der Waals surface area contributed by atoms with Gasteiger partial charge in [0.25, 0.3) is 11.8 Å². The molecule has 214 valence electrons. The Balaban J connectivity index is 1.51. The van der Waals surface area contributed by atoms with Crippen LogP contribution in [-0.4, -0.2) is 23.4 Å². The number of primary amides is 1. The molecule has 1 aliphatic rings. The number of para-hydroxylation sites is 1. The van der Waals surface area contributed by atoms with Gasteiger partial charge in [0, 0.05) is 15.8 Å². The van der Waals surface area contributed by atoms with Gasteiger partial charge in [0.05, 0.1) is 28.9 Å². The van der Waals surface area contributed by atoms with Crippen LogP contribution in [0.5, 0.6) is 5.75 Å². The van der Waals surface area contributed by atoms with Crippen LogP contribution in [0.3, 0.4) is 0 Å². The monoisotopic (exact) mass is 569 g/mol. The van der Waals surface area contributed by atoms with Gasteiger partial charge in [-0.15, -0.1) is 11.3 Å². The molecule has 0 radical (unpaired) electrons. The number of hydrogen-bond donors (Lipinski definition) is 2. The third-order valence-corrected chi connectivity index (χ3v) is 8.92. The number of carbonyl (C=O) groups excluding carboxylic acids is 2. The maximum atomic E-state index is 13.9.